The minimum atomic E-state index is -0.617. The minimum Gasteiger partial charge on any atom is -0.390 e. The van der Waals surface area contributed by atoms with Crippen molar-refractivity contribution in [1.29, 1.82) is 0 Å². The Kier molecular flexibility index (Phi) is 6.08. The van der Waals surface area contributed by atoms with E-state index in [1.54, 1.807) is 24.3 Å². The lowest BCUT2D eigenvalue weighted by Gasteiger charge is -2.26. The zero-order valence-corrected chi connectivity index (χ0v) is 14.8. The molecule has 2 aromatic rings. The summed E-state index contributed by atoms with van der Waals surface area (Å²) in [5, 5.41) is 16.9. The molecular formula is C20H23ClN2O2. The van der Waals surface area contributed by atoms with Gasteiger partial charge in [-0.05, 0) is 54.7 Å². The number of nitrogens with one attached hydrogen (secondary N) is 2. The van der Waals surface area contributed by atoms with Crippen molar-refractivity contribution in [2.24, 2.45) is 0 Å². The van der Waals surface area contributed by atoms with Crippen molar-refractivity contribution >= 4 is 17.5 Å². The predicted octanol–water partition coefficient (Wildman–Crippen LogP) is 2.58. The Bertz CT molecular complexity index is 718. The molecule has 1 amide bonds. The van der Waals surface area contributed by atoms with E-state index in [9.17, 15) is 9.90 Å². The van der Waals surface area contributed by atoms with Gasteiger partial charge in [-0.15, -0.1) is 0 Å². The highest BCUT2D eigenvalue weighted by molar-refractivity contribution is 6.30. The minimum absolute atomic E-state index is 0.206. The number of carbonyl (C=O) groups is 1. The van der Waals surface area contributed by atoms with Crippen LogP contribution in [0.25, 0.3) is 0 Å². The molecule has 0 aliphatic heterocycles. The fraction of sp³-hybridized carbons (Fsp3) is 0.350. The highest BCUT2D eigenvalue weighted by atomic mass is 35.5. The molecule has 0 heterocycles. The zero-order valence-electron chi connectivity index (χ0n) is 14.0. The lowest BCUT2D eigenvalue weighted by molar-refractivity contribution is 0.0913. The van der Waals surface area contributed by atoms with Crippen LogP contribution in [0.4, 0.5) is 0 Å². The van der Waals surface area contributed by atoms with Crippen molar-refractivity contribution in [2.45, 2.75) is 31.4 Å². The van der Waals surface area contributed by atoms with Crippen LogP contribution in [0, 0.1) is 0 Å². The van der Waals surface area contributed by atoms with E-state index in [4.69, 9.17) is 11.6 Å². The van der Waals surface area contributed by atoms with E-state index in [-0.39, 0.29) is 12.5 Å². The molecule has 0 fully saturated rings. The Morgan fingerprint density at radius 2 is 1.84 bits per heavy atom. The fourth-order valence-corrected chi connectivity index (χ4v) is 3.29. The van der Waals surface area contributed by atoms with Crippen LogP contribution in [0.2, 0.25) is 5.02 Å². The van der Waals surface area contributed by atoms with Crippen LogP contribution >= 0.6 is 11.6 Å². The van der Waals surface area contributed by atoms with E-state index in [0.29, 0.717) is 23.2 Å². The number of rotatable bonds is 6. The average molecular weight is 359 g/mol. The van der Waals surface area contributed by atoms with Gasteiger partial charge in [0, 0.05) is 29.7 Å². The van der Waals surface area contributed by atoms with Crippen LogP contribution in [-0.2, 0) is 12.8 Å². The van der Waals surface area contributed by atoms with Crippen molar-refractivity contribution in [2.75, 3.05) is 13.1 Å². The summed E-state index contributed by atoms with van der Waals surface area (Å²) < 4.78 is 0. The Morgan fingerprint density at radius 1 is 1.12 bits per heavy atom. The molecule has 25 heavy (non-hydrogen) atoms. The average Bonchev–Trinajstić information content (AvgIpc) is 2.65. The third kappa shape index (κ3) is 5.05. The van der Waals surface area contributed by atoms with E-state index >= 15 is 0 Å². The number of amides is 1. The molecule has 2 aromatic carbocycles. The maximum atomic E-state index is 12.0. The Morgan fingerprint density at radius 3 is 2.60 bits per heavy atom. The molecular weight excluding hydrogens is 336 g/mol. The molecule has 0 bridgehead atoms. The number of aryl methyl sites for hydroxylation is 1. The molecule has 5 heteroatoms. The molecule has 2 unspecified atom stereocenters. The fourth-order valence-electron chi connectivity index (χ4n) is 3.16. The molecule has 2 atom stereocenters. The van der Waals surface area contributed by atoms with Gasteiger partial charge < -0.3 is 15.7 Å². The molecule has 0 radical (unpaired) electrons. The number of carbonyl (C=O) groups excluding carboxylic acids is 1. The Hall–Kier alpha value is -1.88. The molecule has 0 aromatic heterocycles. The highest BCUT2D eigenvalue weighted by Crippen LogP contribution is 2.20. The summed E-state index contributed by atoms with van der Waals surface area (Å²) in [6.07, 6.45) is 2.51. The first kappa shape index (κ1) is 17.9. The van der Waals surface area contributed by atoms with Gasteiger partial charge in [-0.3, -0.25) is 4.79 Å². The van der Waals surface area contributed by atoms with Crippen molar-refractivity contribution in [3.63, 3.8) is 0 Å². The van der Waals surface area contributed by atoms with Crippen LogP contribution in [0.5, 0.6) is 0 Å². The zero-order chi connectivity index (χ0) is 17.6. The van der Waals surface area contributed by atoms with Crippen LogP contribution in [0.15, 0.2) is 48.5 Å². The maximum Gasteiger partial charge on any atom is 0.251 e. The topological polar surface area (TPSA) is 61.4 Å². The van der Waals surface area contributed by atoms with Gasteiger partial charge in [0.1, 0.15) is 0 Å². The largest absolute Gasteiger partial charge is 0.390 e. The molecule has 1 aliphatic rings. The number of benzene rings is 2. The second kappa shape index (κ2) is 8.48. The van der Waals surface area contributed by atoms with E-state index < -0.39 is 6.10 Å². The van der Waals surface area contributed by atoms with Gasteiger partial charge in [0.25, 0.3) is 5.91 Å². The predicted molar refractivity (Wildman–Crippen MR) is 100 cm³/mol. The van der Waals surface area contributed by atoms with E-state index in [2.05, 4.69) is 34.9 Å². The lowest BCUT2D eigenvalue weighted by atomic mass is 9.88. The van der Waals surface area contributed by atoms with Gasteiger partial charge in [0.2, 0.25) is 0 Å². The molecule has 0 spiro atoms. The first-order valence-corrected chi connectivity index (χ1v) is 9.01. The SMILES string of the molecule is O=C(NCC(O)CNC1CCc2ccccc2C1)c1ccc(Cl)cc1. The summed E-state index contributed by atoms with van der Waals surface area (Å²) in [7, 11) is 0. The molecule has 0 saturated heterocycles. The van der Waals surface area contributed by atoms with E-state index in [0.717, 1.165) is 19.3 Å². The number of aliphatic hydroxyl groups is 1. The van der Waals surface area contributed by atoms with Gasteiger partial charge in [0.15, 0.2) is 0 Å². The summed E-state index contributed by atoms with van der Waals surface area (Å²) in [5.41, 5.74) is 3.35. The molecule has 132 valence electrons. The van der Waals surface area contributed by atoms with Gasteiger partial charge in [-0.2, -0.15) is 0 Å². The number of hydrogen-bond donors (Lipinski definition) is 3. The smallest absolute Gasteiger partial charge is 0.251 e. The highest BCUT2D eigenvalue weighted by Gasteiger charge is 2.18. The number of aliphatic hydroxyl groups excluding tert-OH is 1. The number of hydrogen-bond acceptors (Lipinski definition) is 3. The second-order valence-electron chi connectivity index (χ2n) is 6.49. The third-order valence-electron chi connectivity index (χ3n) is 4.59. The summed E-state index contributed by atoms with van der Waals surface area (Å²) in [4.78, 5) is 12.0. The van der Waals surface area contributed by atoms with Crippen LogP contribution in [0.3, 0.4) is 0 Å². The van der Waals surface area contributed by atoms with Gasteiger partial charge in [0.05, 0.1) is 6.10 Å². The Balaban J connectivity index is 1.40. The Labute approximate surface area is 153 Å². The maximum absolute atomic E-state index is 12.0. The summed E-state index contributed by atoms with van der Waals surface area (Å²) in [6.45, 7) is 0.686. The van der Waals surface area contributed by atoms with Crippen LogP contribution in [-0.4, -0.2) is 36.2 Å². The number of fused-ring (bicyclic) bond motifs is 1. The van der Waals surface area contributed by atoms with Crippen molar-refractivity contribution in [3.8, 4) is 0 Å². The quantitative estimate of drug-likeness (QED) is 0.743. The van der Waals surface area contributed by atoms with E-state index in [1.165, 1.54) is 11.1 Å². The van der Waals surface area contributed by atoms with Gasteiger partial charge >= 0.3 is 0 Å². The number of halogens is 1. The molecule has 3 N–H and O–H groups in total. The second-order valence-corrected chi connectivity index (χ2v) is 6.92. The lowest BCUT2D eigenvalue weighted by Crippen LogP contribution is -2.43. The first-order chi connectivity index (χ1) is 12.1. The van der Waals surface area contributed by atoms with Crippen molar-refractivity contribution < 1.29 is 9.90 Å². The summed E-state index contributed by atoms with van der Waals surface area (Å²) >= 11 is 5.81. The van der Waals surface area contributed by atoms with Gasteiger partial charge in [-0.1, -0.05) is 35.9 Å². The van der Waals surface area contributed by atoms with Crippen LogP contribution < -0.4 is 10.6 Å². The van der Waals surface area contributed by atoms with Crippen molar-refractivity contribution in [3.05, 3.63) is 70.2 Å². The van der Waals surface area contributed by atoms with Crippen molar-refractivity contribution in [1.82, 2.24) is 10.6 Å². The third-order valence-corrected chi connectivity index (χ3v) is 4.85. The molecule has 0 saturated carbocycles. The summed E-state index contributed by atoms with van der Waals surface area (Å²) in [5.74, 6) is -0.206. The molecule has 4 nitrogen and oxygen atoms in total. The first-order valence-electron chi connectivity index (χ1n) is 8.64. The van der Waals surface area contributed by atoms with E-state index in [1.807, 2.05) is 0 Å². The summed E-state index contributed by atoms with van der Waals surface area (Å²) in [6, 6.07) is 15.6. The normalized spacial score (nSPS) is 17.6. The standard InChI is InChI=1S/C20H23ClN2O2/c21-17-8-5-15(6-9-17)20(25)23-13-19(24)12-22-18-10-7-14-3-1-2-4-16(14)11-18/h1-6,8-9,18-19,22,24H,7,10-13H2,(H,23,25). The molecule has 3 rings (SSSR count). The molecule has 1 aliphatic carbocycles. The van der Waals surface area contributed by atoms with Crippen LogP contribution in [0.1, 0.15) is 27.9 Å². The monoisotopic (exact) mass is 358 g/mol. The van der Waals surface area contributed by atoms with Gasteiger partial charge in [-0.25, -0.2) is 0 Å².